The van der Waals surface area contributed by atoms with Crippen LogP contribution in [-0.4, -0.2) is 33.8 Å². The summed E-state index contributed by atoms with van der Waals surface area (Å²) in [5.74, 6) is -3.01. The maximum atomic E-state index is 12.2. The molecule has 1 unspecified atom stereocenters. The number of aliphatic hydroxyl groups is 1. The van der Waals surface area contributed by atoms with E-state index >= 15 is 0 Å². The Labute approximate surface area is 139 Å². The molecule has 0 saturated heterocycles. The molecule has 0 spiro atoms. The Hall–Kier alpha value is -2.70. The number of carbonyl (C=O) groups excluding carboxylic acids is 1. The maximum Gasteiger partial charge on any atom is 0.352 e. The second kappa shape index (κ2) is 7.72. The number of hydrogen-bond acceptors (Lipinski definition) is 5. The maximum absolute atomic E-state index is 12.2. The van der Waals surface area contributed by atoms with Crippen molar-refractivity contribution in [3.8, 4) is 0 Å². The van der Waals surface area contributed by atoms with Crippen LogP contribution in [0, 0.1) is 0 Å². The number of esters is 1. The Bertz CT molecular complexity index is 689. The van der Waals surface area contributed by atoms with Crippen molar-refractivity contribution in [3.05, 3.63) is 71.8 Å². The van der Waals surface area contributed by atoms with Crippen molar-refractivity contribution in [1.29, 1.82) is 0 Å². The lowest BCUT2D eigenvalue weighted by Gasteiger charge is -2.27. The fraction of sp³-hybridized carbons (Fsp3) is 0.222. The highest BCUT2D eigenvalue weighted by atomic mass is 16.6. The Morgan fingerprint density at radius 1 is 1.00 bits per heavy atom. The van der Waals surface area contributed by atoms with Gasteiger partial charge in [-0.25, -0.2) is 9.59 Å². The first-order chi connectivity index (χ1) is 11.4. The zero-order valence-corrected chi connectivity index (χ0v) is 13.0. The molecular weight excluding hydrogens is 310 g/mol. The predicted molar refractivity (Wildman–Crippen MR) is 86.9 cm³/mol. The Kier molecular flexibility index (Phi) is 5.68. The smallest absolute Gasteiger partial charge is 0.352 e. The summed E-state index contributed by atoms with van der Waals surface area (Å²) in [7, 11) is 0. The molecule has 0 aliphatic heterocycles. The zero-order valence-electron chi connectivity index (χ0n) is 13.0. The van der Waals surface area contributed by atoms with Gasteiger partial charge in [0.25, 0.3) is 5.60 Å². The Balaban J connectivity index is 2.10. The first kappa shape index (κ1) is 17.7. The molecule has 0 radical (unpaired) electrons. The zero-order chi connectivity index (χ0) is 17.6. The molecule has 6 heteroatoms. The predicted octanol–water partition coefficient (Wildman–Crippen LogP) is 1.12. The molecule has 0 heterocycles. The van der Waals surface area contributed by atoms with E-state index < -0.39 is 23.6 Å². The second-order valence-electron chi connectivity index (χ2n) is 5.43. The van der Waals surface area contributed by atoms with E-state index in [4.69, 9.17) is 10.5 Å². The number of carbonyl (C=O) groups is 2. The van der Waals surface area contributed by atoms with Gasteiger partial charge in [0.2, 0.25) is 0 Å². The minimum Gasteiger partial charge on any atom is -0.479 e. The van der Waals surface area contributed by atoms with Crippen LogP contribution in [-0.2, 0) is 27.4 Å². The summed E-state index contributed by atoms with van der Waals surface area (Å²) in [4.78, 5) is 23.7. The van der Waals surface area contributed by atoms with Crippen LogP contribution in [0.15, 0.2) is 60.7 Å². The van der Waals surface area contributed by atoms with Gasteiger partial charge in [-0.2, -0.15) is 0 Å². The van der Waals surface area contributed by atoms with Gasteiger partial charge in [0.05, 0.1) is 6.04 Å². The fourth-order valence-corrected chi connectivity index (χ4v) is 2.25. The van der Waals surface area contributed by atoms with Crippen LogP contribution in [0.2, 0.25) is 0 Å². The number of ether oxygens (including phenoxy) is 1. The van der Waals surface area contributed by atoms with E-state index in [1.807, 2.05) is 0 Å². The van der Waals surface area contributed by atoms with Crippen LogP contribution in [0.5, 0.6) is 0 Å². The highest BCUT2D eigenvalue weighted by molar-refractivity contribution is 6.03. The van der Waals surface area contributed by atoms with Crippen LogP contribution >= 0.6 is 0 Å². The van der Waals surface area contributed by atoms with Crippen molar-refractivity contribution < 1.29 is 24.5 Å². The lowest BCUT2D eigenvalue weighted by molar-refractivity contribution is -0.183. The third-order valence-corrected chi connectivity index (χ3v) is 3.69. The van der Waals surface area contributed by atoms with Crippen LogP contribution in [0.25, 0.3) is 0 Å². The standard InChI is InChI=1S/C18H19NO5/c19-15(11-13-7-3-1-4-8-13)18(23,16(20)21)17(22)24-12-14-9-5-2-6-10-14/h1-10,15,23H,11-12,19H2,(H,20,21)/t15-,18?/m1/s1. The van der Waals surface area contributed by atoms with E-state index in [0.717, 1.165) is 0 Å². The number of carboxylic acids is 1. The summed E-state index contributed by atoms with van der Waals surface area (Å²) in [6.45, 7) is -0.146. The molecule has 0 fully saturated rings. The average Bonchev–Trinajstić information content (AvgIpc) is 2.60. The number of benzene rings is 2. The number of rotatable bonds is 7. The molecule has 0 amide bonds. The summed E-state index contributed by atoms with van der Waals surface area (Å²) in [6, 6.07) is 16.2. The molecule has 2 atom stereocenters. The first-order valence-electron chi connectivity index (χ1n) is 7.41. The van der Waals surface area contributed by atoms with Gasteiger partial charge in [-0.1, -0.05) is 60.7 Å². The van der Waals surface area contributed by atoms with Crippen LogP contribution < -0.4 is 5.73 Å². The SMILES string of the molecule is N[C@H](Cc1ccccc1)C(O)(C(=O)O)C(=O)OCc1ccccc1. The van der Waals surface area contributed by atoms with E-state index in [2.05, 4.69) is 0 Å². The Morgan fingerprint density at radius 2 is 1.50 bits per heavy atom. The van der Waals surface area contributed by atoms with Gasteiger partial charge >= 0.3 is 11.9 Å². The summed E-state index contributed by atoms with van der Waals surface area (Å²) in [6.07, 6.45) is 0.0179. The molecule has 0 aliphatic rings. The molecular formula is C18H19NO5. The highest BCUT2D eigenvalue weighted by Gasteiger charge is 2.51. The topological polar surface area (TPSA) is 110 Å². The molecule has 0 aliphatic carbocycles. The second-order valence-corrected chi connectivity index (χ2v) is 5.43. The van der Waals surface area contributed by atoms with Crippen molar-refractivity contribution in [1.82, 2.24) is 0 Å². The number of hydrogen-bond donors (Lipinski definition) is 3. The van der Waals surface area contributed by atoms with Crippen molar-refractivity contribution in [3.63, 3.8) is 0 Å². The quantitative estimate of drug-likeness (QED) is 0.518. The molecule has 2 aromatic carbocycles. The Morgan fingerprint density at radius 3 is 2.00 bits per heavy atom. The lowest BCUT2D eigenvalue weighted by atomic mass is 9.89. The van der Waals surface area contributed by atoms with E-state index in [0.29, 0.717) is 11.1 Å². The van der Waals surface area contributed by atoms with Gasteiger partial charge in [0.1, 0.15) is 6.61 Å². The third-order valence-electron chi connectivity index (χ3n) is 3.69. The minimum atomic E-state index is -2.81. The summed E-state index contributed by atoms with van der Waals surface area (Å²) >= 11 is 0. The molecule has 2 aromatic rings. The van der Waals surface area contributed by atoms with E-state index in [1.165, 1.54) is 0 Å². The third kappa shape index (κ3) is 3.98. The van der Waals surface area contributed by atoms with Gasteiger partial charge in [-0.3, -0.25) is 0 Å². The number of nitrogens with two attached hydrogens (primary N) is 1. The fourth-order valence-electron chi connectivity index (χ4n) is 2.25. The van der Waals surface area contributed by atoms with Gasteiger partial charge in [-0.15, -0.1) is 0 Å². The number of aliphatic carboxylic acids is 1. The summed E-state index contributed by atoms with van der Waals surface area (Å²) in [5, 5.41) is 19.7. The summed E-state index contributed by atoms with van der Waals surface area (Å²) < 4.78 is 4.96. The molecule has 4 N–H and O–H groups in total. The molecule has 0 aromatic heterocycles. The highest BCUT2D eigenvalue weighted by Crippen LogP contribution is 2.18. The summed E-state index contributed by atoms with van der Waals surface area (Å²) in [5.41, 5.74) is 4.39. The van der Waals surface area contributed by atoms with E-state index in [9.17, 15) is 19.8 Å². The van der Waals surface area contributed by atoms with Crippen molar-refractivity contribution >= 4 is 11.9 Å². The normalized spacial score (nSPS) is 14.4. The van der Waals surface area contributed by atoms with Gasteiger partial charge in [0.15, 0.2) is 0 Å². The molecule has 6 nitrogen and oxygen atoms in total. The van der Waals surface area contributed by atoms with E-state index in [1.54, 1.807) is 60.7 Å². The minimum absolute atomic E-state index is 0.0179. The van der Waals surface area contributed by atoms with E-state index in [-0.39, 0.29) is 13.0 Å². The van der Waals surface area contributed by atoms with Crippen molar-refractivity contribution in [2.24, 2.45) is 5.73 Å². The average molecular weight is 329 g/mol. The van der Waals surface area contributed by atoms with Crippen LogP contribution in [0.1, 0.15) is 11.1 Å². The molecule has 126 valence electrons. The van der Waals surface area contributed by atoms with Crippen LogP contribution in [0.3, 0.4) is 0 Å². The molecule has 24 heavy (non-hydrogen) atoms. The molecule has 0 saturated carbocycles. The first-order valence-corrected chi connectivity index (χ1v) is 7.41. The number of carboxylic acid groups (broad SMARTS) is 1. The van der Waals surface area contributed by atoms with Crippen LogP contribution in [0.4, 0.5) is 0 Å². The lowest BCUT2D eigenvalue weighted by Crippen LogP contribution is -2.61. The van der Waals surface area contributed by atoms with Crippen molar-refractivity contribution in [2.45, 2.75) is 24.7 Å². The van der Waals surface area contributed by atoms with Gasteiger partial charge in [-0.05, 0) is 17.5 Å². The molecule has 0 bridgehead atoms. The molecule has 2 rings (SSSR count). The van der Waals surface area contributed by atoms with Gasteiger partial charge in [0, 0.05) is 0 Å². The monoisotopic (exact) mass is 329 g/mol. The van der Waals surface area contributed by atoms with Gasteiger partial charge < -0.3 is 20.7 Å². The largest absolute Gasteiger partial charge is 0.479 e. The van der Waals surface area contributed by atoms with Crippen molar-refractivity contribution in [2.75, 3.05) is 0 Å².